The van der Waals surface area contributed by atoms with E-state index in [0.717, 1.165) is 26.5 Å². The molecule has 0 bridgehead atoms. The lowest BCUT2D eigenvalue weighted by atomic mass is 9.80. The molecule has 5 aromatic carbocycles. The fourth-order valence-corrected chi connectivity index (χ4v) is 9.31. The quantitative estimate of drug-likeness (QED) is 0.188. The fraction of sp³-hybridized carbons (Fsp3) is 0.390. The predicted octanol–water partition coefficient (Wildman–Crippen LogP) is 15.2. The zero-order valence-electron chi connectivity index (χ0n) is 40.6. The van der Waals surface area contributed by atoms with Gasteiger partial charge in [-0.2, -0.15) is 0 Å². The Hall–Kier alpha value is -4.96. The lowest BCUT2D eigenvalue weighted by Gasteiger charge is -2.24. The fourth-order valence-electron chi connectivity index (χ4n) is 9.31. The third-order valence-electron chi connectivity index (χ3n) is 12.9. The first-order chi connectivity index (χ1) is 29.1. The minimum Gasteiger partial charge on any atom is -0.400 e. The average Bonchev–Trinajstić information content (AvgIpc) is 3.71. The van der Waals surface area contributed by atoms with E-state index in [1.807, 2.05) is 0 Å². The third kappa shape index (κ3) is 9.08. The molecule has 2 aliphatic rings. The zero-order valence-corrected chi connectivity index (χ0v) is 40.6. The van der Waals surface area contributed by atoms with E-state index >= 15 is 0 Å². The highest BCUT2D eigenvalue weighted by molar-refractivity contribution is 6.08. The lowest BCUT2D eigenvalue weighted by molar-refractivity contribution is 0.277. The van der Waals surface area contributed by atoms with Gasteiger partial charge in [0.05, 0.1) is 0 Å². The van der Waals surface area contributed by atoms with Crippen LogP contribution in [0.4, 0.5) is 0 Å². The van der Waals surface area contributed by atoms with Crippen molar-refractivity contribution in [3.63, 3.8) is 0 Å². The minimum atomic E-state index is 0.0848. The number of nitrogens with zero attached hydrogens (tertiary/aromatic N) is 1. The Balaban J connectivity index is 0.00000123. The molecule has 1 N–H and O–H groups in total. The van der Waals surface area contributed by atoms with E-state index in [0.29, 0.717) is 0 Å². The van der Waals surface area contributed by atoms with Crippen molar-refractivity contribution in [3.8, 4) is 11.1 Å². The molecule has 0 spiro atoms. The lowest BCUT2D eigenvalue weighted by Crippen LogP contribution is -2.11. The number of methoxy groups -OCH3 is 1. The van der Waals surface area contributed by atoms with E-state index in [4.69, 9.17) is 5.11 Å². The second kappa shape index (κ2) is 17.7. The number of fused-ring (bicyclic) bond motifs is 7. The molecule has 0 atom stereocenters. The van der Waals surface area contributed by atoms with Crippen LogP contribution in [-0.4, -0.2) is 31.0 Å². The van der Waals surface area contributed by atoms with Gasteiger partial charge in [-0.15, -0.1) is 0 Å². The van der Waals surface area contributed by atoms with Crippen LogP contribution in [0.3, 0.4) is 0 Å². The Kier molecular flexibility index (Phi) is 13.3. The first kappa shape index (κ1) is 46.5. The molecule has 326 valence electrons. The monoisotopic (exact) mass is 828 g/mol. The number of aliphatic hydroxyl groups is 1. The molecule has 1 heterocycles. The van der Waals surface area contributed by atoms with Crippen LogP contribution in [0.1, 0.15) is 145 Å². The van der Waals surface area contributed by atoms with E-state index < -0.39 is 0 Å². The summed E-state index contributed by atoms with van der Waals surface area (Å²) in [6.07, 6.45) is 8.92. The van der Waals surface area contributed by atoms with Crippen molar-refractivity contribution >= 4 is 27.4 Å². The first-order valence-electron chi connectivity index (χ1n) is 22.5. The maximum absolute atomic E-state index is 7.00. The molecular formula is C59H73NO2. The van der Waals surface area contributed by atoms with Crippen molar-refractivity contribution in [2.45, 2.75) is 130 Å². The van der Waals surface area contributed by atoms with E-state index in [1.54, 1.807) is 14.2 Å². The molecule has 0 saturated carbocycles. The number of aliphatic hydroxyl groups excluding tert-OH is 1. The second-order valence-electron chi connectivity index (χ2n) is 21.5. The van der Waals surface area contributed by atoms with E-state index in [9.17, 15) is 0 Å². The van der Waals surface area contributed by atoms with Gasteiger partial charge in [0.1, 0.15) is 0 Å². The largest absolute Gasteiger partial charge is 0.400 e. The Labute approximate surface area is 374 Å². The van der Waals surface area contributed by atoms with Crippen molar-refractivity contribution < 1.29 is 9.84 Å². The summed E-state index contributed by atoms with van der Waals surface area (Å²) in [6.45, 7) is 33.0. The van der Waals surface area contributed by atoms with Gasteiger partial charge in [0.25, 0.3) is 0 Å². The smallest absolute Gasteiger partial charge is 0.0494 e. The Morgan fingerprint density at radius 3 is 1.45 bits per heavy atom. The van der Waals surface area contributed by atoms with Crippen LogP contribution >= 0.6 is 0 Å². The molecule has 0 amide bonds. The summed E-state index contributed by atoms with van der Waals surface area (Å²) >= 11 is 0. The number of hydrogen-bond donors (Lipinski definition) is 1. The number of allylic oxidation sites excluding steroid dienone is 5. The van der Waals surface area contributed by atoms with Gasteiger partial charge in [-0.3, -0.25) is 0 Å². The SMILES string of the molecule is C=CC1=C(/C=C\Cn2c3ccc(C(C)(C)C)cc3c3cc(C(C)(C)C)ccc32)CCc2ccc(C3c4ccc(C(C)(C)C)cc4-c4cc(C(C)(C)C)ccc43)cc21.CO.COC. The first-order valence-corrected chi connectivity index (χ1v) is 22.5. The van der Waals surface area contributed by atoms with Crippen molar-refractivity contribution in [2.75, 3.05) is 21.3 Å². The summed E-state index contributed by atoms with van der Waals surface area (Å²) in [5.74, 6) is 0.197. The van der Waals surface area contributed by atoms with E-state index in [1.165, 1.54) is 94.2 Å². The van der Waals surface area contributed by atoms with Crippen LogP contribution in [0, 0.1) is 0 Å². The topological polar surface area (TPSA) is 34.4 Å². The van der Waals surface area contributed by atoms with Gasteiger partial charge in [0.15, 0.2) is 0 Å². The number of benzene rings is 5. The molecule has 6 aromatic rings. The van der Waals surface area contributed by atoms with Gasteiger partial charge >= 0.3 is 0 Å². The number of ether oxygens (including phenoxy) is 1. The van der Waals surface area contributed by atoms with Crippen LogP contribution in [0.15, 0.2) is 121 Å². The van der Waals surface area contributed by atoms with Gasteiger partial charge in [0, 0.05) is 55.6 Å². The molecular weight excluding hydrogens is 755 g/mol. The van der Waals surface area contributed by atoms with Crippen molar-refractivity contribution in [1.82, 2.24) is 4.57 Å². The van der Waals surface area contributed by atoms with Crippen LogP contribution in [-0.2, 0) is 39.4 Å². The Morgan fingerprint density at radius 1 is 0.581 bits per heavy atom. The maximum Gasteiger partial charge on any atom is 0.0494 e. The molecule has 3 nitrogen and oxygen atoms in total. The number of rotatable bonds is 5. The highest BCUT2D eigenvalue weighted by Gasteiger charge is 2.33. The molecule has 1 aromatic heterocycles. The summed E-state index contributed by atoms with van der Waals surface area (Å²) < 4.78 is 6.76. The van der Waals surface area contributed by atoms with E-state index in [-0.39, 0.29) is 27.6 Å². The molecule has 0 radical (unpaired) electrons. The Morgan fingerprint density at radius 2 is 1.02 bits per heavy atom. The summed E-state index contributed by atoms with van der Waals surface area (Å²) in [7, 11) is 4.25. The van der Waals surface area contributed by atoms with Crippen LogP contribution < -0.4 is 0 Å². The van der Waals surface area contributed by atoms with E-state index in [2.05, 4.69) is 208 Å². The van der Waals surface area contributed by atoms with Crippen LogP contribution in [0.25, 0.3) is 38.5 Å². The molecule has 0 saturated heterocycles. The maximum atomic E-state index is 7.00. The molecule has 2 aliphatic carbocycles. The van der Waals surface area contributed by atoms with Crippen molar-refractivity contribution in [1.29, 1.82) is 0 Å². The molecule has 0 fully saturated rings. The average molecular weight is 828 g/mol. The summed E-state index contributed by atoms with van der Waals surface area (Å²) in [6, 6.07) is 36.0. The molecule has 8 rings (SSSR count). The Bertz CT molecular complexity index is 2530. The second-order valence-corrected chi connectivity index (χ2v) is 21.5. The van der Waals surface area contributed by atoms with Crippen molar-refractivity contribution in [3.05, 3.63) is 171 Å². The highest BCUT2D eigenvalue weighted by Crippen LogP contribution is 2.51. The predicted molar refractivity (Wildman–Crippen MR) is 269 cm³/mol. The molecule has 3 heteroatoms. The molecule has 62 heavy (non-hydrogen) atoms. The molecule has 0 aliphatic heterocycles. The van der Waals surface area contributed by atoms with Gasteiger partial charge in [0.2, 0.25) is 0 Å². The van der Waals surface area contributed by atoms with Crippen LogP contribution in [0.2, 0.25) is 0 Å². The number of aromatic nitrogens is 1. The van der Waals surface area contributed by atoms with Gasteiger partial charge in [-0.25, -0.2) is 0 Å². The third-order valence-corrected chi connectivity index (χ3v) is 12.9. The van der Waals surface area contributed by atoms with Crippen molar-refractivity contribution in [2.24, 2.45) is 0 Å². The number of aryl methyl sites for hydroxylation is 1. The zero-order chi connectivity index (χ0) is 45.5. The van der Waals surface area contributed by atoms with Gasteiger partial charge in [-0.1, -0.05) is 169 Å². The van der Waals surface area contributed by atoms with Crippen LogP contribution in [0.5, 0.6) is 0 Å². The summed E-state index contributed by atoms with van der Waals surface area (Å²) in [5, 5.41) is 9.70. The van der Waals surface area contributed by atoms with Gasteiger partial charge in [-0.05, 0) is 137 Å². The minimum absolute atomic E-state index is 0.0848. The normalized spacial score (nSPS) is 14.3. The molecule has 0 unspecified atom stereocenters. The highest BCUT2D eigenvalue weighted by atomic mass is 16.4. The standard InChI is InChI=1S/C56H63N.C2H6O.CH4O/c1-14-42-35(16-15-29-57-50-27-23-40(55(8,9)10)33-48(50)49-34-41(56(11,12)13)24-28-51(49)57)17-18-36-19-20-37(30-45(36)42)52-43-25-21-38(53(2,3)4)31-46(43)47-32-39(54(5,6)7)22-26-44(47)52;1-3-2;1-2/h14-16,19-28,30-34,52H,1,17-18,29H2,2-13H3;1-2H3;2H,1H3/b16-15-;;. The summed E-state index contributed by atoms with van der Waals surface area (Å²) in [5.41, 5.74) is 20.8. The summed E-state index contributed by atoms with van der Waals surface area (Å²) in [4.78, 5) is 0. The van der Waals surface area contributed by atoms with Gasteiger partial charge < -0.3 is 14.4 Å². The number of hydrogen-bond acceptors (Lipinski definition) is 2.